The molecule has 1 heterocycles. The average molecular weight is 310 g/mol. The molecule has 2 aromatic carbocycles. The third-order valence-electron chi connectivity index (χ3n) is 3.11. The van der Waals surface area contributed by atoms with Gasteiger partial charge in [0.2, 0.25) is 0 Å². The molecule has 0 spiro atoms. The van der Waals surface area contributed by atoms with E-state index in [0.717, 1.165) is 11.0 Å². The minimum Gasteiger partial charge on any atom is -0.484 e. The van der Waals surface area contributed by atoms with Crippen LogP contribution in [0.25, 0.3) is 11.0 Å². The Balaban J connectivity index is 1.51. The van der Waals surface area contributed by atoms with Gasteiger partial charge in [-0.05, 0) is 30.3 Å². The minimum atomic E-state index is -0.454. The predicted octanol–water partition coefficient (Wildman–Crippen LogP) is 1.40. The number of benzene rings is 2. The number of aromatic nitrogens is 2. The third kappa shape index (κ3) is 3.65. The first-order chi connectivity index (χ1) is 11.2. The summed E-state index contributed by atoms with van der Waals surface area (Å²) in [5.41, 5.74) is 6.56. The molecule has 0 aliphatic heterocycles. The van der Waals surface area contributed by atoms with Gasteiger partial charge in [0.25, 0.3) is 11.8 Å². The summed E-state index contributed by atoms with van der Waals surface area (Å²) in [5, 5.41) is 0. The van der Waals surface area contributed by atoms with E-state index in [4.69, 9.17) is 4.74 Å². The minimum absolute atomic E-state index is 0.191. The lowest BCUT2D eigenvalue weighted by molar-refractivity contribution is -0.123. The Bertz CT molecular complexity index is 829. The first kappa shape index (κ1) is 14.6. The Kier molecular flexibility index (Phi) is 4.19. The van der Waals surface area contributed by atoms with Gasteiger partial charge in [-0.15, -0.1) is 0 Å². The highest BCUT2D eigenvalue weighted by Gasteiger charge is 2.09. The number of nitrogens with zero attached hydrogens (tertiary/aromatic N) is 1. The number of para-hydroxylation sites is 1. The van der Waals surface area contributed by atoms with Crippen molar-refractivity contribution in [3.05, 3.63) is 60.4 Å². The molecule has 3 rings (SSSR count). The molecule has 0 bridgehead atoms. The molecule has 7 nitrogen and oxygen atoms in total. The van der Waals surface area contributed by atoms with Crippen LogP contribution in [0.1, 0.15) is 10.4 Å². The normalized spacial score (nSPS) is 10.3. The van der Waals surface area contributed by atoms with E-state index >= 15 is 0 Å². The molecule has 0 radical (unpaired) electrons. The lowest BCUT2D eigenvalue weighted by Crippen LogP contribution is -2.43. The number of aromatic amines is 1. The SMILES string of the molecule is O=C(COc1ccccc1)NNC(=O)c1ccc2nc[nH]c2c1. The molecule has 0 aliphatic carbocycles. The first-order valence-corrected chi connectivity index (χ1v) is 6.92. The topological polar surface area (TPSA) is 96.1 Å². The summed E-state index contributed by atoms with van der Waals surface area (Å²) in [5.74, 6) is -0.293. The highest BCUT2D eigenvalue weighted by Crippen LogP contribution is 2.11. The van der Waals surface area contributed by atoms with E-state index in [1.54, 1.807) is 48.8 Å². The van der Waals surface area contributed by atoms with Crippen molar-refractivity contribution in [1.82, 2.24) is 20.8 Å². The summed E-state index contributed by atoms with van der Waals surface area (Å²) in [4.78, 5) is 30.6. The fourth-order valence-corrected chi connectivity index (χ4v) is 1.98. The van der Waals surface area contributed by atoms with Crippen LogP contribution in [0.5, 0.6) is 5.75 Å². The molecule has 0 saturated heterocycles. The van der Waals surface area contributed by atoms with Gasteiger partial charge in [0.1, 0.15) is 5.75 Å². The van der Waals surface area contributed by atoms with Gasteiger partial charge in [-0.3, -0.25) is 20.4 Å². The van der Waals surface area contributed by atoms with E-state index in [1.165, 1.54) is 0 Å². The number of rotatable bonds is 4. The van der Waals surface area contributed by atoms with Crippen LogP contribution in [0.4, 0.5) is 0 Å². The second kappa shape index (κ2) is 6.61. The molecular formula is C16H14N4O3. The molecule has 7 heteroatoms. The van der Waals surface area contributed by atoms with Crippen LogP contribution in [0, 0.1) is 0 Å². The molecule has 2 amide bonds. The summed E-state index contributed by atoms with van der Waals surface area (Å²) < 4.78 is 5.28. The number of nitrogens with one attached hydrogen (secondary N) is 3. The molecule has 3 N–H and O–H groups in total. The van der Waals surface area contributed by atoms with Crippen molar-refractivity contribution < 1.29 is 14.3 Å². The Labute approximate surface area is 131 Å². The van der Waals surface area contributed by atoms with Gasteiger partial charge < -0.3 is 9.72 Å². The number of H-pyrrole nitrogens is 1. The molecular weight excluding hydrogens is 296 g/mol. The Morgan fingerprint density at radius 3 is 2.74 bits per heavy atom. The molecule has 0 atom stereocenters. The van der Waals surface area contributed by atoms with E-state index < -0.39 is 11.8 Å². The van der Waals surface area contributed by atoms with E-state index in [1.807, 2.05) is 6.07 Å². The predicted molar refractivity (Wildman–Crippen MR) is 83.6 cm³/mol. The Morgan fingerprint density at radius 2 is 1.91 bits per heavy atom. The van der Waals surface area contributed by atoms with E-state index in [2.05, 4.69) is 20.8 Å². The maximum absolute atomic E-state index is 12.0. The van der Waals surface area contributed by atoms with Crippen molar-refractivity contribution in [2.24, 2.45) is 0 Å². The number of ether oxygens (including phenoxy) is 1. The van der Waals surface area contributed by atoms with Gasteiger partial charge in [-0.1, -0.05) is 18.2 Å². The average Bonchev–Trinajstić information content (AvgIpc) is 3.06. The fourth-order valence-electron chi connectivity index (χ4n) is 1.98. The van der Waals surface area contributed by atoms with Gasteiger partial charge in [-0.25, -0.2) is 4.98 Å². The zero-order valence-corrected chi connectivity index (χ0v) is 12.1. The van der Waals surface area contributed by atoms with Gasteiger partial charge in [0.15, 0.2) is 6.61 Å². The van der Waals surface area contributed by atoms with Crippen molar-refractivity contribution >= 4 is 22.8 Å². The van der Waals surface area contributed by atoms with E-state index in [0.29, 0.717) is 11.3 Å². The third-order valence-corrected chi connectivity index (χ3v) is 3.11. The second-order valence-electron chi connectivity index (χ2n) is 4.74. The molecule has 116 valence electrons. The smallest absolute Gasteiger partial charge is 0.276 e. The maximum atomic E-state index is 12.0. The second-order valence-corrected chi connectivity index (χ2v) is 4.74. The number of fused-ring (bicyclic) bond motifs is 1. The van der Waals surface area contributed by atoms with Gasteiger partial charge >= 0.3 is 0 Å². The van der Waals surface area contributed by atoms with Crippen LogP contribution in [-0.4, -0.2) is 28.4 Å². The Hall–Kier alpha value is -3.35. The molecule has 0 saturated carbocycles. The van der Waals surface area contributed by atoms with Crippen LogP contribution in [-0.2, 0) is 4.79 Å². The standard InChI is InChI=1S/C16H14N4O3/c21-15(9-23-12-4-2-1-3-5-12)19-20-16(22)11-6-7-13-14(8-11)18-10-17-13/h1-8,10H,9H2,(H,17,18)(H,19,21)(H,20,22). The monoisotopic (exact) mass is 310 g/mol. The van der Waals surface area contributed by atoms with Crippen LogP contribution in [0.15, 0.2) is 54.9 Å². The van der Waals surface area contributed by atoms with Gasteiger partial charge in [-0.2, -0.15) is 0 Å². The highest BCUT2D eigenvalue weighted by atomic mass is 16.5. The number of amides is 2. The fraction of sp³-hybridized carbons (Fsp3) is 0.0625. The largest absolute Gasteiger partial charge is 0.484 e. The number of imidazole rings is 1. The lowest BCUT2D eigenvalue weighted by atomic mass is 10.2. The van der Waals surface area contributed by atoms with Gasteiger partial charge in [0, 0.05) is 5.56 Å². The number of hydrogen-bond acceptors (Lipinski definition) is 4. The van der Waals surface area contributed by atoms with Gasteiger partial charge in [0.05, 0.1) is 17.4 Å². The molecule has 3 aromatic rings. The Morgan fingerprint density at radius 1 is 1.09 bits per heavy atom. The summed E-state index contributed by atoms with van der Waals surface area (Å²) in [6, 6.07) is 14.0. The summed E-state index contributed by atoms with van der Waals surface area (Å²) in [6.07, 6.45) is 1.55. The van der Waals surface area contributed by atoms with Crippen LogP contribution >= 0.6 is 0 Å². The zero-order valence-electron chi connectivity index (χ0n) is 12.1. The number of carbonyl (C=O) groups is 2. The molecule has 0 aliphatic rings. The number of hydrazine groups is 1. The summed E-state index contributed by atoms with van der Waals surface area (Å²) in [6.45, 7) is -0.191. The lowest BCUT2D eigenvalue weighted by Gasteiger charge is -2.08. The number of hydrogen-bond donors (Lipinski definition) is 3. The van der Waals surface area contributed by atoms with Crippen LogP contribution in [0.2, 0.25) is 0 Å². The molecule has 0 fully saturated rings. The van der Waals surface area contributed by atoms with Crippen molar-refractivity contribution in [1.29, 1.82) is 0 Å². The molecule has 1 aromatic heterocycles. The zero-order chi connectivity index (χ0) is 16.1. The van der Waals surface area contributed by atoms with E-state index in [9.17, 15) is 9.59 Å². The first-order valence-electron chi connectivity index (χ1n) is 6.92. The molecule has 23 heavy (non-hydrogen) atoms. The van der Waals surface area contributed by atoms with Crippen molar-refractivity contribution in [3.8, 4) is 5.75 Å². The van der Waals surface area contributed by atoms with Crippen molar-refractivity contribution in [2.45, 2.75) is 0 Å². The summed E-state index contributed by atoms with van der Waals surface area (Å²) >= 11 is 0. The highest BCUT2D eigenvalue weighted by molar-refractivity contribution is 5.98. The van der Waals surface area contributed by atoms with Crippen molar-refractivity contribution in [2.75, 3.05) is 6.61 Å². The number of carbonyl (C=O) groups excluding carboxylic acids is 2. The molecule has 0 unspecified atom stereocenters. The van der Waals surface area contributed by atoms with Crippen LogP contribution < -0.4 is 15.6 Å². The maximum Gasteiger partial charge on any atom is 0.276 e. The quantitative estimate of drug-likeness (QED) is 0.635. The van der Waals surface area contributed by atoms with Crippen LogP contribution in [0.3, 0.4) is 0 Å². The van der Waals surface area contributed by atoms with Crippen molar-refractivity contribution in [3.63, 3.8) is 0 Å². The summed E-state index contributed by atoms with van der Waals surface area (Å²) in [7, 11) is 0. The van der Waals surface area contributed by atoms with E-state index in [-0.39, 0.29) is 6.61 Å².